The van der Waals surface area contributed by atoms with Crippen molar-refractivity contribution < 1.29 is 18.7 Å². The first-order valence-electron chi connectivity index (χ1n) is 8.44. The summed E-state index contributed by atoms with van der Waals surface area (Å²) in [5.74, 6) is -0.601. The number of hydrogen-bond donors (Lipinski definition) is 2. The molecule has 136 valence electrons. The fraction of sp³-hybridized carbons (Fsp3) is 0.300. The van der Waals surface area contributed by atoms with Crippen molar-refractivity contribution in [2.24, 2.45) is 5.41 Å². The molecule has 1 aliphatic carbocycles. The summed E-state index contributed by atoms with van der Waals surface area (Å²) in [6, 6.07) is 11.7. The van der Waals surface area contributed by atoms with E-state index < -0.39 is 5.41 Å². The highest BCUT2D eigenvalue weighted by atomic mass is 19.1. The lowest BCUT2D eigenvalue weighted by Gasteiger charge is -2.17. The molecule has 0 aliphatic heterocycles. The molecule has 6 heteroatoms. The van der Waals surface area contributed by atoms with Crippen molar-refractivity contribution in [3.63, 3.8) is 0 Å². The van der Waals surface area contributed by atoms with Gasteiger partial charge in [-0.25, -0.2) is 4.39 Å². The van der Waals surface area contributed by atoms with Crippen LogP contribution in [0.15, 0.2) is 42.5 Å². The Bertz CT molecular complexity index is 847. The second kappa shape index (κ2) is 7.15. The van der Waals surface area contributed by atoms with Crippen LogP contribution < -0.4 is 15.4 Å². The monoisotopic (exact) mass is 356 g/mol. The minimum atomic E-state index is -1.10. The average molecular weight is 356 g/mol. The highest BCUT2D eigenvalue weighted by molar-refractivity contribution is 6.13. The Morgan fingerprint density at radius 1 is 1.15 bits per heavy atom. The lowest BCUT2D eigenvalue weighted by molar-refractivity contribution is -0.134. The Labute approximate surface area is 151 Å². The molecule has 0 heterocycles. The fourth-order valence-corrected chi connectivity index (χ4v) is 2.83. The molecule has 2 aromatic carbocycles. The van der Waals surface area contributed by atoms with E-state index in [2.05, 4.69) is 10.6 Å². The molecule has 3 rings (SSSR count). The van der Waals surface area contributed by atoms with Gasteiger partial charge in [-0.15, -0.1) is 0 Å². The minimum Gasteiger partial charge on any atom is -0.495 e. The third kappa shape index (κ3) is 3.54. The molecule has 0 aromatic heterocycles. The van der Waals surface area contributed by atoms with Gasteiger partial charge >= 0.3 is 0 Å². The summed E-state index contributed by atoms with van der Waals surface area (Å²) in [4.78, 5) is 25.2. The summed E-state index contributed by atoms with van der Waals surface area (Å²) in [5.41, 5.74) is 0.790. The van der Waals surface area contributed by atoms with Crippen LogP contribution in [0.2, 0.25) is 0 Å². The predicted molar refractivity (Wildman–Crippen MR) is 96.3 cm³/mol. The molecule has 2 amide bonds. The van der Waals surface area contributed by atoms with Gasteiger partial charge in [-0.2, -0.15) is 0 Å². The van der Waals surface area contributed by atoms with E-state index >= 15 is 0 Å². The smallest absolute Gasteiger partial charge is 0.240 e. The summed E-state index contributed by atoms with van der Waals surface area (Å²) < 4.78 is 18.9. The molecule has 0 spiro atoms. The molecular formula is C20H21FN2O3. The second-order valence-electron chi connectivity index (χ2n) is 6.51. The largest absolute Gasteiger partial charge is 0.495 e. The van der Waals surface area contributed by atoms with Gasteiger partial charge in [-0.05, 0) is 43.5 Å². The molecule has 0 radical (unpaired) electrons. The number of methoxy groups -OCH3 is 1. The molecule has 0 atom stereocenters. The maximum atomic E-state index is 13.7. The molecular weight excluding hydrogens is 335 g/mol. The van der Waals surface area contributed by atoms with Crippen molar-refractivity contribution in [3.8, 4) is 5.75 Å². The van der Waals surface area contributed by atoms with Gasteiger partial charge in [0.15, 0.2) is 0 Å². The van der Waals surface area contributed by atoms with Crippen LogP contribution in [-0.2, 0) is 16.1 Å². The van der Waals surface area contributed by atoms with Gasteiger partial charge in [0, 0.05) is 12.1 Å². The molecule has 1 saturated carbocycles. The zero-order chi connectivity index (χ0) is 18.7. The van der Waals surface area contributed by atoms with E-state index in [0.29, 0.717) is 29.8 Å². The SMILES string of the molecule is COc1ccc(C)cc1NC(=O)C1(C(=O)NCc2ccccc2F)CC1. The number of carbonyl (C=O) groups is 2. The summed E-state index contributed by atoms with van der Waals surface area (Å²) in [6.07, 6.45) is 0.937. The molecule has 5 nitrogen and oxygen atoms in total. The minimum absolute atomic E-state index is 0.0499. The van der Waals surface area contributed by atoms with Gasteiger partial charge in [0.25, 0.3) is 0 Å². The van der Waals surface area contributed by atoms with Gasteiger partial charge in [-0.3, -0.25) is 9.59 Å². The molecule has 0 bridgehead atoms. The van der Waals surface area contributed by atoms with Gasteiger partial charge < -0.3 is 15.4 Å². The average Bonchev–Trinajstić information content (AvgIpc) is 3.43. The number of rotatable bonds is 6. The highest BCUT2D eigenvalue weighted by Gasteiger charge is 2.56. The first-order chi connectivity index (χ1) is 12.5. The number of anilines is 1. The van der Waals surface area contributed by atoms with Gasteiger partial charge in [-0.1, -0.05) is 24.3 Å². The lowest BCUT2D eigenvalue weighted by Crippen LogP contribution is -2.39. The normalized spacial score (nSPS) is 14.4. The van der Waals surface area contributed by atoms with Gasteiger partial charge in [0.2, 0.25) is 11.8 Å². The van der Waals surface area contributed by atoms with Crippen LogP contribution in [0, 0.1) is 18.2 Å². The Kier molecular flexibility index (Phi) is 4.93. The Morgan fingerprint density at radius 3 is 2.54 bits per heavy atom. The molecule has 26 heavy (non-hydrogen) atoms. The van der Waals surface area contributed by atoms with Crippen LogP contribution in [0.1, 0.15) is 24.0 Å². The molecule has 0 saturated heterocycles. The topological polar surface area (TPSA) is 67.4 Å². The third-order valence-electron chi connectivity index (χ3n) is 4.62. The fourth-order valence-electron chi connectivity index (χ4n) is 2.83. The quantitative estimate of drug-likeness (QED) is 0.781. The highest BCUT2D eigenvalue weighted by Crippen LogP contribution is 2.47. The first-order valence-corrected chi connectivity index (χ1v) is 8.44. The number of carbonyl (C=O) groups excluding carboxylic acids is 2. The van der Waals surface area contributed by atoms with Crippen molar-refractivity contribution in [1.29, 1.82) is 0 Å². The molecule has 1 fully saturated rings. The number of halogens is 1. The molecule has 2 N–H and O–H groups in total. The van der Waals surface area contributed by atoms with E-state index in [9.17, 15) is 14.0 Å². The Hall–Kier alpha value is -2.89. The number of ether oxygens (including phenoxy) is 1. The Balaban J connectivity index is 1.68. The van der Waals surface area contributed by atoms with Crippen molar-refractivity contribution in [1.82, 2.24) is 5.32 Å². The van der Waals surface area contributed by atoms with E-state index in [1.807, 2.05) is 13.0 Å². The molecule has 2 aromatic rings. The zero-order valence-corrected chi connectivity index (χ0v) is 14.8. The van der Waals surface area contributed by atoms with Crippen LogP contribution in [0.25, 0.3) is 0 Å². The standard InChI is InChI=1S/C20H21FN2O3/c1-13-7-8-17(26-2)16(11-13)23-19(25)20(9-10-20)18(24)22-12-14-5-3-4-6-15(14)21/h3-8,11H,9-10,12H2,1-2H3,(H,22,24)(H,23,25). The number of nitrogens with one attached hydrogen (secondary N) is 2. The molecule has 1 aliphatic rings. The first kappa shape index (κ1) is 17.9. The van der Waals surface area contributed by atoms with E-state index in [4.69, 9.17) is 4.74 Å². The third-order valence-corrected chi connectivity index (χ3v) is 4.62. The van der Waals surface area contributed by atoms with Crippen LogP contribution in [0.3, 0.4) is 0 Å². The van der Waals surface area contributed by atoms with E-state index in [1.165, 1.54) is 13.2 Å². The van der Waals surface area contributed by atoms with Gasteiger partial charge in [0.05, 0.1) is 12.8 Å². The second-order valence-corrected chi connectivity index (χ2v) is 6.51. The maximum Gasteiger partial charge on any atom is 0.240 e. The van der Waals surface area contributed by atoms with Crippen LogP contribution in [-0.4, -0.2) is 18.9 Å². The molecule has 0 unspecified atom stereocenters. The maximum absolute atomic E-state index is 13.7. The predicted octanol–water partition coefficient (Wildman–Crippen LogP) is 3.18. The van der Waals surface area contributed by atoms with Crippen molar-refractivity contribution >= 4 is 17.5 Å². The van der Waals surface area contributed by atoms with Crippen molar-refractivity contribution in [3.05, 3.63) is 59.4 Å². The Morgan fingerprint density at radius 2 is 1.88 bits per heavy atom. The van der Waals surface area contributed by atoms with Crippen molar-refractivity contribution in [2.75, 3.05) is 12.4 Å². The summed E-state index contributed by atoms with van der Waals surface area (Å²) in [6.45, 7) is 1.96. The summed E-state index contributed by atoms with van der Waals surface area (Å²) in [5, 5.41) is 5.47. The van der Waals surface area contributed by atoms with E-state index in [1.54, 1.807) is 30.3 Å². The number of benzene rings is 2. The summed E-state index contributed by atoms with van der Waals surface area (Å²) >= 11 is 0. The zero-order valence-electron chi connectivity index (χ0n) is 14.8. The number of aryl methyl sites for hydroxylation is 1. The van der Waals surface area contributed by atoms with E-state index in [0.717, 1.165) is 5.56 Å². The van der Waals surface area contributed by atoms with Crippen LogP contribution in [0.5, 0.6) is 5.75 Å². The van der Waals surface area contributed by atoms with Gasteiger partial charge in [0.1, 0.15) is 17.0 Å². The van der Waals surface area contributed by atoms with Crippen LogP contribution >= 0.6 is 0 Å². The lowest BCUT2D eigenvalue weighted by atomic mass is 10.0. The number of amides is 2. The van der Waals surface area contributed by atoms with Crippen molar-refractivity contribution in [2.45, 2.75) is 26.3 Å². The summed E-state index contributed by atoms with van der Waals surface area (Å²) in [7, 11) is 1.52. The number of hydrogen-bond acceptors (Lipinski definition) is 3. The van der Waals surface area contributed by atoms with Crippen LogP contribution in [0.4, 0.5) is 10.1 Å². The van der Waals surface area contributed by atoms with E-state index in [-0.39, 0.29) is 24.2 Å².